The maximum absolute atomic E-state index is 12.8. The van der Waals surface area contributed by atoms with Gasteiger partial charge in [0.25, 0.3) is 5.91 Å². The molecule has 0 bridgehead atoms. The van der Waals surface area contributed by atoms with Crippen LogP contribution in [0.25, 0.3) is 0 Å². The van der Waals surface area contributed by atoms with E-state index in [1.807, 2.05) is 13.8 Å². The van der Waals surface area contributed by atoms with Crippen LogP contribution in [0, 0.1) is 0 Å². The van der Waals surface area contributed by atoms with Gasteiger partial charge in [0.1, 0.15) is 11.4 Å². The number of ether oxygens (including phenoxy) is 2. The molecule has 170 valence electrons. The van der Waals surface area contributed by atoms with Crippen LogP contribution in [-0.4, -0.2) is 37.4 Å². The smallest absolute Gasteiger partial charge is 0.434 e. The number of pyridine rings is 1. The Bertz CT molecular complexity index is 935. The van der Waals surface area contributed by atoms with Gasteiger partial charge in [-0.25, -0.2) is 0 Å². The van der Waals surface area contributed by atoms with Gasteiger partial charge >= 0.3 is 6.36 Å². The monoisotopic (exact) mass is 460 g/mol. The van der Waals surface area contributed by atoms with Crippen molar-refractivity contribution >= 4 is 29.0 Å². The predicted octanol–water partition coefficient (Wildman–Crippen LogP) is 5.19. The van der Waals surface area contributed by atoms with Crippen molar-refractivity contribution in [2.75, 3.05) is 24.3 Å². The summed E-state index contributed by atoms with van der Waals surface area (Å²) in [5.74, 6) is -1.72. The molecule has 0 spiro atoms. The number of aromatic nitrogens is 1. The number of rotatable bonds is 9. The van der Waals surface area contributed by atoms with E-state index in [9.17, 15) is 18.0 Å². The second kappa shape index (κ2) is 9.95. The standard InChI is InChI=1S/C20H24ClF3N4O3/c1-5-12(6-2)26-13-10-16(28(3)4)27-19(17(13)18(25)29)30-14-8-7-11(21)9-15(14)31-20(22,23)24/h7-10,12H,5-6H2,1-4H3,(H2,25,29)(H,26,27). The number of amides is 1. The zero-order valence-corrected chi connectivity index (χ0v) is 18.3. The first kappa shape index (κ1) is 24.4. The van der Waals surface area contributed by atoms with Gasteiger partial charge in [-0.15, -0.1) is 13.2 Å². The molecule has 0 unspecified atom stereocenters. The van der Waals surface area contributed by atoms with E-state index in [1.54, 1.807) is 25.1 Å². The molecule has 0 saturated heterocycles. The summed E-state index contributed by atoms with van der Waals surface area (Å²) < 4.78 is 48.1. The normalized spacial score (nSPS) is 11.4. The highest BCUT2D eigenvalue weighted by Crippen LogP contribution is 2.39. The number of hydrogen-bond donors (Lipinski definition) is 2. The quantitative estimate of drug-likeness (QED) is 0.535. The highest BCUT2D eigenvalue weighted by Gasteiger charge is 2.33. The van der Waals surface area contributed by atoms with E-state index in [0.717, 1.165) is 18.9 Å². The van der Waals surface area contributed by atoms with Crippen molar-refractivity contribution in [3.05, 3.63) is 34.9 Å². The lowest BCUT2D eigenvalue weighted by Crippen LogP contribution is -2.23. The van der Waals surface area contributed by atoms with Crippen LogP contribution in [-0.2, 0) is 0 Å². The zero-order valence-electron chi connectivity index (χ0n) is 17.5. The number of carbonyl (C=O) groups is 1. The van der Waals surface area contributed by atoms with Crippen LogP contribution >= 0.6 is 11.6 Å². The third kappa shape index (κ3) is 6.55. The molecular weight excluding hydrogens is 437 g/mol. The van der Waals surface area contributed by atoms with E-state index in [0.29, 0.717) is 11.5 Å². The molecule has 3 N–H and O–H groups in total. The van der Waals surface area contributed by atoms with Crippen molar-refractivity contribution in [2.24, 2.45) is 5.73 Å². The van der Waals surface area contributed by atoms with Gasteiger partial charge in [0.15, 0.2) is 11.5 Å². The molecule has 0 aliphatic rings. The van der Waals surface area contributed by atoms with E-state index in [-0.39, 0.29) is 28.3 Å². The molecule has 0 aliphatic heterocycles. The van der Waals surface area contributed by atoms with Crippen molar-refractivity contribution in [3.8, 4) is 17.4 Å². The Morgan fingerprint density at radius 3 is 2.39 bits per heavy atom. The van der Waals surface area contributed by atoms with E-state index in [4.69, 9.17) is 22.1 Å². The van der Waals surface area contributed by atoms with Gasteiger partial charge in [0, 0.05) is 37.3 Å². The van der Waals surface area contributed by atoms with Crippen LogP contribution in [0.4, 0.5) is 24.7 Å². The van der Waals surface area contributed by atoms with Crippen molar-refractivity contribution < 1.29 is 27.4 Å². The number of halogens is 4. The van der Waals surface area contributed by atoms with Crippen LogP contribution in [0.1, 0.15) is 37.0 Å². The molecule has 0 fully saturated rings. The summed E-state index contributed by atoms with van der Waals surface area (Å²) in [7, 11) is 3.44. The highest BCUT2D eigenvalue weighted by molar-refractivity contribution is 6.30. The van der Waals surface area contributed by atoms with Crippen LogP contribution in [0.3, 0.4) is 0 Å². The summed E-state index contributed by atoms with van der Waals surface area (Å²) in [6.45, 7) is 3.95. The Kier molecular flexibility index (Phi) is 7.83. The molecule has 2 rings (SSSR count). The van der Waals surface area contributed by atoms with Crippen molar-refractivity contribution in [3.63, 3.8) is 0 Å². The Hall–Kier alpha value is -2.88. The first-order chi connectivity index (χ1) is 14.4. The molecule has 1 amide bonds. The first-order valence-corrected chi connectivity index (χ1v) is 9.84. The Morgan fingerprint density at radius 2 is 1.87 bits per heavy atom. The van der Waals surface area contributed by atoms with E-state index >= 15 is 0 Å². The fraction of sp³-hybridized carbons (Fsp3) is 0.400. The Labute approximate surface area is 183 Å². The number of hydrogen-bond acceptors (Lipinski definition) is 6. The number of nitrogens with two attached hydrogens (primary N) is 1. The highest BCUT2D eigenvalue weighted by atomic mass is 35.5. The second-order valence-corrected chi connectivity index (χ2v) is 7.30. The van der Waals surface area contributed by atoms with E-state index < -0.39 is 18.0 Å². The largest absolute Gasteiger partial charge is 0.573 e. The summed E-state index contributed by atoms with van der Waals surface area (Å²) in [5.41, 5.74) is 5.84. The average molecular weight is 461 g/mol. The van der Waals surface area contributed by atoms with Gasteiger partial charge < -0.3 is 25.4 Å². The lowest BCUT2D eigenvalue weighted by molar-refractivity contribution is -0.275. The third-order valence-corrected chi connectivity index (χ3v) is 4.60. The number of anilines is 2. The van der Waals surface area contributed by atoms with Gasteiger partial charge in [-0.3, -0.25) is 4.79 Å². The molecule has 0 saturated carbocycles. The van der Waals surface area contributed by atoms with Crippen LogP contribution in [0.15, 0.2) is 24.3 Å². The maximum atomic E-state index is 12.8. The molecule has 7 nitrogen and oxygen atoms in total. The van der Waals surface area contributed by atoms with Gasteiger partial charge in [-0.1, -0.05) is 25.4 Å². The minimum Gasteiger partial charge on any atom is -0.434 e. The molecule has 0 radical (unpaired) electrons. The fourth-order valence-corrected chi connectivity index (χ4v) is 2.91. The van der Waals surface area contributed by atoms with Crippen LogP contribution < -0.4 is 25.4 Å². The van der Waals surface area contributed by atoms with Gasteiger partial charge in [0.2, 0.25) is 5.88 Å². The zero-order chi connectivity index (χ0) is 23.3. The summed E-state index contributed by atoms with van der Waals surface area (Å²) >= 11 is 5.80. The van der Waals surface area contributed by atoms with Crippen LogP contribution in [0.5, 0.6) is 17.4 Å². The number of nitrogens with one attached hydrogen (secondary N) is 1. The molecule has 1 aromatic carbocycles. The maximum Gasteiger partial charge on any atom is 0.573 e. The number of primary amides is 1. The Morgan fingerprint density at radius 1 is 1.23 bits per heavy atom. The average Bonchev–Trinajstić information content (AvgIpc) is 2.66. The van der Waals surface area contributed by atoms with E-state index in [2.05, 4.69) is 15.0 Å². The van der Waals surface area contributed by atoms with Crippen molar-refractivity contribution in [1.82, 2.24) is 4.98 Å². The molecule has 11 heteroatoms. The molecule has 1 aromatic heterocycles. The minimum atomic E-state index is -4.98. The number of carbonyl (C=O) groups excluding carboxylic acids is 1. The number of nitrogens with zero attached hydrogens (tertiary/aromatic N) is 2. The van der Waals surface area contributed by atoms with Gasteiger partial charge in [-0.2, -0.15) is 4.98 Å². The van der Waals surface area contributed by atoms with Crippen LogP contribution in [0.2, 0.25) is 5.02 Å². The lowest BCUT2D eigenvalue weighted by Gasteiger charge is -2.23. The summed E-state index contributed by atoms with van der Waals surface area (Å²) in [4.78, 5) is 18.2. The Balaban J connectivity index is 2.62. The topological polar surface area (TPSA) is 89.7 Å². The summed E-state index contributed by atoms with van der Waals surface area (Å²) in [6, 6.07) is 5.12. The van der Waals surface area contributed by atoms with Gasteiger partial charge in [-0.05, 0) is 25.0 Å². The van der Waals surface area contributed by atoms with Crippen molar-refractivity contribution in [1.29, 1.82) is 0 Å². The summed E-state index contributed by atoms with van der Waals surface area (Å²) in [5, 5.41) is 3.24. The first-order valence-electron chi connectivity index (χ1n) is 9.47. The molecular formula is C20H24ClF3N4O3. The molecule has 0 aliphatic carbocycles. The third-order valence-electron chi connectivity index (χ3n) is 4.36. The molecule has 0 atom stereocenters. The van der Waals surface area contributed by atoms with Gasteiger partial charge in [0.05, 0.1) is 5.69 Å². The molecule has 31 heavy (non-hydrogen) atoms. The second-order valence-electron chi connectivity index (χ2n) is 6.87. The summed E-state index contributed by atoms with van der Waals surface area (Å²) in [6.07, 6.45) is -3.44. The predicted molar refractivity (Wildman–Crippen MR) is 113 cm³/mol. The minimum absolute atomic E-state index is 0.00724. The van der Waals surface area contributed by atoms with Crippen molar-refractivity contribution in [2.45, 2.75) is 39.1 Å². The number of alkyl halides is 3. The molecule has 2 aromatic rings. The fourth-order valence-electron chi connectivity index (χ4n) is 2.75. The molecule has 1 heterocycles. The number of benzene rings is 1. The van der Waals surface area contributed by atoms with E-state index in [1.165, 1.54) is 12.1 Å². The SMILES string of the molecule is CCC(CC)Nc1cc(N(C)C)nc(Oc2ccc(Cl)cc2OC(F)(F)F)c1C(N)=O. The lowest BCUT2D eigenvalue weighted by atomic mass is 10.1.